The lowest BCUT2D eigenvalue weighted by Crippen LogP contribution is -2.39. The highest BCUT2D eigenvalue weighted by Crippen LogP contribution is 2.22. The Morgan fingerprint density at radius 1 is 1.12 bits per heavy atom. The minimum atomic E-state index is -0.445. The molecule has 0 radical (unpaired) electrons. The third-order valence-corrected chi connectivity index (χ3v) is 5.17. The number of aryl methyl sites for hydroxylation is 1. The van der Waals surface area contributed by atoms with Gasteiger partial charge in [0.2, 0.25) is 0 Å². The number of carbonyl (C=O) groups excluding carboxylic acids is 1. The second kappa shape index (κ2) is 10.1. The SMILES string of the molecule is CC[C@H](Oc1cccc(C)c1C)C(=O)NCCSCc1ccccc1. The van der Waals surface area contributed by atoms with Crippen LogP contribution in [0.5, 0.6) is 5.75 Å². The van der Waals surface area contributed by atoms with Gasteiger partial charge in [0.25, 0.3) is 5.91 Å². The van der Waals surface area contributed by atoms with Crippen molar-refractivity contribution in [2.45, 2.75) is 39.0 Å². The molecule has 2 aromatic carbocycles. The summed E-state index contributed by atoms with van der Waals surface area (Å²) in [6.07, 6.45) is 0.204. The topological polar surface area (TPSA) is 38.3 Å². The Kier molecular flexibility index (Phi) is 7.86. The molecular weight excluding hydrogens is 330 g/mol. The van der Waals surface area contributed by atoms with Crippen LogP contribution in [0.4, 0.5) is 0 Å². The smallest absolute Gasteiger partial charge is 0.261 e. The molecule has 0 aliphatic carbocycles. The molecule has 25 heavy (non-hydrogen) atoms. The number of rotatable bonds is 9. The maximum Gasteiger partial charge on any atom is 0.261 e. The van der Waals surface area contributed by atoms with Crippen LogP contribution in [0.1, 0.15) is 30.0 Å². The van der Waals surface area contributed by atoms with Gasteiger partial charge in [-0.05, 0) is 43.0 Å². The first-order valence-electron chi connectivity index (χ1n) is 8.74. The zero-order valence-corrected chi connectivity index (χ0v) is 16.1. The van der Waals surface area contributed by atoms with Gasteiger partial charge in [0.1, 0.15) is 5.75 Å². The Labute approximate surface area is 155 Å². The van der Waals surface area contributed by atoms with Crippen molar-refractivity contribution >= 4 is 17.7 Å². The van der Waals surface area contributed by atoms with Crippen LogP contribution in [-0.4, -0.2) is 24.3 Å². The van der Waals surface area contributed by atoms with Crippen LogP contribution in [0.2, 0.25) is 0 Å². The molecule has 0 aliphatic heterocycles. The van der Waals surface area contributed by atoms with E-state index >= 15 is 0 Å². The van der Waals surface area contributed by atoms with E-state index in [1.54, 1.807) is 0 Å². The summed E-state index contributed by atoms with van der Waals surface area (Å²) in [5.41, 5.74) is 3.57. The van der Waals surface area contributed by atoms with E-state index in [4.69, 9.17) is 4.74 Å². The molecule has 0 heterocycles. The molecule has 0 fully saturated rings. The Bertz CT molecular complexity index is 673. The summed E-state index contributed by atoms with van der Waals surface area (Å²) in [4.78, 5) is 12.4. The van der Waals surface area contributed by atoms with Crippen LogP contribution < -0.4 is 10.1 Å². The Hall–Kier alpha value is -1.94. The number of benzene rings is 2. The van der Waals surface area contributed by atoms with Crippen molar-refractivity contribution in [2.75, 3.05) is 12.3 Å². The van der Waals surface area contributed by atoms with Gasteiger partial charge in [-0.15, -0.1) is 0 Å². The maximum atomic E-state index is 12.4. The Morgan fingerprint density at radius 3 is 2.60 bits per heavy atom. The number of thioether (sulfide) groups is 1. The van der Waals surface area contributed by atoms with E-state index in [0.717, 1.165) is 22.8 Å². The summed E-state index contributed by atoms with van der Waals surface area (Å²) in [5.74, 6) is 2.61. The molecule has 134 valence electrons. The molecule has 0 bridgehead atoms. The second-order valence-electron chi connectivity index (χ2n) is 6.04. The molecular formula is C21H27NO2S. The summed E-state index contributed by atoms with van der Waals surface area (Å²) in [6, 6.07) is 16.3. The van der Waals surface area contributed by atoms with E-state index in [9.17, 15) is 4.79 Å². The number of carbonyl (C=O) groups is 1. The van der Waals surface area contributed by atoms with Gasteiger partial charge in [-0.2, -0.15) is 11.8 Å². The molecule has 2 rings (SSSR count). The Morgan fingerprint density at radius 2 is 1.88 bits per heavy atom. The molecule has 0 saturated carbocycles. The van der Waals surface area contributed by atoms with Gasteiger partial charge < -0.3 is 10.1 Å². The fraction of sp³-hybridized carbons (Fsp3) is 0.381. The maximum absolute atomic E-state index is 12.4. The van der Waals surface area contributed by atoms with Crippen molar-refractivity contribution in [1.29, 1.82) is 0 Å². The third-order valence-electron chi connectivity index (χ3n) is 4.14. The van der Waals surface area contributed by atoms with E-state index in [0.29, 0.717) is 13.0 Å². The highest BCUT2D eigenvalue weighted by molar-refractivity contribution is 7.98. The fourth-order valence-corrected chi connectivity index (χ4v) is 3.27. The van der Waals surface area contributed by atoms with Crippen molar-refractivity contribution < 1.29 is 9.53 Å². The first kappa shape index (κ1) is 19.4. The summed E-state index contributed by atoms with van der Waals surface area (Å²) in [6.45, 7) is 6.70. The molecule has 0 aliphatic rings. The van der Waals surface area contributed by atoms with E-state index in [2.05, 4.69) is 17.4 Å². The van der Waals surface area contributed by atoms with Gasteiger partial charge >= 0.3 is 0 Å². The number of hydrogen-bond acceptors (Lipinski definition) is 3. The predicted molar refractivity (Wildman–Crippen MR) is 106 cm³/mol. The first-order valence-corrected chi connectivity index (χ1v) is 9.89. The fourth-order valence-electron chi connectivity index (χ4n) is 2.45. The molecule has 3 nitrogen and oxygen atoms in total. The average Bonchev–Trinajstić information content (AvgIpc) is 2.63. The van der Waals surface area contributed by atoms with Crippen LogP contribution in [0, 0.1) is 13.8 Å². The first-order chi connectivity index (χ1) is 12.1. The zero-order valence-electron chi connectivity index (χ0n) is 15.2. The summed E-state index contributed by atoms with van der Waals surface area (Å²) in [7, 11) is 0. The predicted octanol–water partition coefficient (Wildman–Crippen LogP) is 4.51. The van der Waals surface area contributed by atoms with Gasteiger partial charge in [0, 0.05) is 18.1 Å². The number of hydrogen-bond donors (Lipinski definition) is 1. The van der Waals surface area contributed by atoms with Crippen molar-refractivity contribution in [3.63, 3.8) is 0 Å². The minimum absolute atomic E-state index is 0.0382. The van der Waals surface area contributed by atoms with Crippen molar-refractivity contribution in [3.05, 3.63) is 65.2 Å². The van der Waals surface area contributed by atoms with Gasteiger partial charge in [-0.1, -0.05) is 49.4 Å². The molecule has 0 unspecified atom stereocenters. The quantitative estimate of drug-likeness (QED) is 0.671. The molecule has 1 N–H and O–H groups in total. The molecule has 2 aromatic rings. The molecule has 1 amide bonds. The van der Waals surface area contributed by atoms with Crippen LogP contribution in [0.3, 0.4) is 0 Å². The lowest BCUT2D eigenvalue weighted by molar-refractivity contribution is -0.128. The Balaban J connectivity index is 1.75. The van der Waals surface area contributed by atoms with Gasteiger partial charge in [0.15, 0.2) is 6.10 Å². The summed E-state index contributed by atoms with van der Waals surface area (Å²) < 4.78 is 5.94. The highest BCUT2D eigenvalue weighted by Gasteiger charge is 2.18. The number of ether oxygens (including phenoxy) is 1. The molecule has 0 saturated heterocycles. The van der Waals surface area contributed by atoms with Gasteiger partial charge in [-0.25, -0.2) is 0 Å². The average molecular weight is 358 g/mol. The van der Waals surface area contributed by atoms with E-state index < -0.39 is 6.10 Å². The van der Waals surface area contributed by atoms with Crippen molar-refractivity contribution in [2.24, 2.45) is 0 Å². The summed E-state index contributed by atoms with van der Waals surface area (Å²) >= 11 is 1.82. The second-order valence-corrected chi connectivity index (χ2v) is 7.15. The van der Waals surface area contributed by atoms with Crippen LogP contribution in [-0.2, 0) is 10.5 Å². The lowest BCUT2D eigenvalue weighted by Gasteiger charge is -2.19. The van der Waals surface area contributed by atoms with E-state index in [1.165, 1.54) is 11.1 Å². The summed E-state index contributed by atoms with van der Waals surface area (Å²) in [5, 5.41) is 2.99. The minimum Gasteiger partial charge on any atom is -0.480 e. The van der Waals surface area contributed by atoms with E-state index in [-0.39, 0.29) is 5.91 Å². The van der Waals surface area contributed by atoms with Crippen LogP contribution in [0.25, 0.3) is 0 Å². The number of nitrogens with one attached hydrogen (secondary N) is 1. The zero-order chi connectivity index (χ0) is 18.1. The number of amides is 1. The lowest BCUT2D eigenvalue weighted by atomic mass is 10.1. The van der Waals surface area contributed by atoms with Crippen molar-refractivity contribution in [3.8, 4) is 5.75 Å². The molecule has 0 spiro atoms. The largest absolute Gasteiger partial charge is 0.480 e. The molecule has 4 heteroatoms. The third kappa shape index (κ3) is 6.13. The van der Waals surface area contributed by atoms with Crippen molar-refractivity contribution in [1.82, 2.24) is 5.32 Å². The van der Waals surface area contributed by atoms with Gasteiger partial charge in [0.05, 0.1) is 0 Å². The monoisotopic (exact) mass is 357 g/mol. The van der Waals surface area contributed by atoms with Crippen LogP contribution in [0.15, 0.2) is 48.5 Å². The molecule has 1 atom stereocenters. The standard InChI is InChI=1S/C21H27NO2S/c1-4-19(24-20-12-8-9-16(2)17(20)3)21(23)22-13-14-25-15-18-10-6-5-7-11-18/h5-12,19H,4,13-15H2,1-3H3,(H,22,23)/t19-/m0/s1. The van der Waals surface area contributed by atoms with Gasteiger partial charge in [-0.3, -0.25) is 4.79 Å². The normalized spacial score (nSPS) is 11.8. The highest BCUT2D eigenvalue weighted by atomic mass is 32.2. The van der Waals surface area contributed by atoms with Crippen LogP contribution >= 0.6 is 11.8 Å². The van der Waals surface area contributed by atoms with E-state index in [1.807, 2.05) is 68.9 Å². The molecule has 0 aromatic heterocycles.